The van der Waals surface area contributed by atoms with Crippen molar-refractivity contribution >= 4 is 56.5 Å². The summed E-state index contributed by atoms with van der Waals surface area (Å²) in [5.41, 5.74) is 12.1. The Morgan fingerprint density at radius 1 is 1.18 bits per heavy atom. The third-order valence-corrected chi connectivity index (χ3v) is 6.55. The second-order valence-corrected chi connectivity index (χ2v) is 8.41. The Hall–Kier alpha value is -2.76. The molecule has 0 unspecified atom stereocenters. The zero-order valence-electron chi connectivity index (χ0n) is 14.5. The molecule has 0 bridgehead atoms. The largest absolute Gasteiger partial charge is 0.368 e. The van der Waals surface area contributed by atoms with E-state index in [9.17, 15) is 4.79 Å². The van der Waals surface area contributed by atoms with Crippen molar-refractivity contribution in [3.05, 3.63) is 51.7 Å². The van der Waals surface area contributed by atoms with Crippen LogP contribution in [0.15, 0.2) is 45.5 Å². The van der Waals surface area contributed by atoms with Crippen molar-refractivity contribution in [1.82, 2.24) is 24.5 Å². The van der Waals surface area contributed by atoms with Gasteiger partial charge in [0, 0.05) is 22.4 Å². The molecule has 11 heteroatoms. The molecule has 0 saturated heterocycles. The summed E-state index contributed by atoms with van der Waals surface area (Å²) in [6, 6.07) is 3.97. The summed E-state index contributed by atoms with van der Waals surface area (Å²) in [4.78, 5) is 31.6. The Labute approximate surface area is 172 Å². The molecule has 28 heavy (non-hydrogen) atoms. The number of nitrogens with two attached hydrogens (primary N) is 2. The van der Waals surface area contributed by atoms with Crippen molar-refractivity contribution in [2.75, 3.05) is 11.5 Å². The molecule has 0 fully saturated rings. The Morgan fingerprint density at radius 3 is 2.64 bits per heavy atom. The van der Waals surface area contributed by atoms with E-state index in [4.69, 9.17) is 16.5 Å². The number of nitrogens with zero attached hydrogens (tertiary/aromatic N) is 5. The first-order chi connectivity index (χ1) is 13.6. The van der Waals surface area contributed by atoms with Gasteiger partial charge < -0.3 is 11.5 Å². The van der Waals surface area contributed by atoms with E-state index in [1.54, 1.807) is 22.0 Å². The van der Waals surface area contributed by atoms with Crippen LogP contribution in [0.5, 0.6) is 0 Å². The summed E-state index contributed by atoms with van der Waals surface area (Å²) in [5.74, 6) is 0.914. The van der Waals surface area contributed by atoms with Gasteiger partial charge in [0.05, 0.1) is 11.1 Å². The van der Waals surface area contributed by atoms with Crippen molar-refractivity contribution in [2.24, 2.45) is 0 Å². The van der Waals surface area contributed by atoms with Crippen LogP contribution in [0.2, 0.25) is 0 Å². The van der Waals surface area contributed by atoms with Gasteiger partial charge in [-0.15, -0.1) is 29.3 Å². The number of hydrogen-bond acceptors (Lipinski definition) is 10. The number of anilines is 2. The number of thiophene rings is 2. The molecule has 0 atom stereocenters. The van der Waals surface area contributed by atoms with E-state index in [0.717, 1.165) is 10.4 Å². The van der Waals surface area contributed by atoms with Gasteiger partial charge in [-0.25, -0.2) is 4.98 Å². The van der Waals surface area contributed by atoms with Gasteiger partial charge in [0.15, 0.2) is 5.16 Å². The molecule has 0 aliphatic carbocycles. The zero-order chi connectivity index (χ0) is 19.7. The van der Waals surface area contributed by atoms with Crippen LogP contribution in [0.25, 0.3) is 20.7 Å². The minimum atomic E-state index is -0.0910. The second kappa shape index (κ2) is 7.70. The lowest BCUT2D eigenvalue weighted by molar-refractivity contribution is 0.672. The number of allylic oxidation sites excluding steroid dienone is 1. The topological polar surface area (TPSA) is 126 Å². The van der Waals surface area contributed by atoms with E-state index in [1.807, 2.05) is 22.9 Å². The molecule has 0 aliphatic heterocycles. The molecule has 0 amide bonds. The van der Waals surface area contributed by atoms with Crippen LogP contribution in [0.1, 0.15) is 5.82 Å². The smallest absolute Gasteiger partial charge is 0.263 e. The first-order valence-electron chi connectivity index (χ1n) is 8.12. The fourth-order valence-corrected chi connectivity index (χ4v) is 5.34. The normalized spacial score (nSPS) is 11.1. The standard InChI is InChI=1S/C17H15N7OS3/c1-2-5-24-14(25)12-9(10-4-3-6-26-10)7-27-13(12)22-17(24)28-8-11-20-15(18)23-16(19)21-11/h2-4,6-7H,1,5,8H2,(H4,18,19,20,21,23). The van der Waals surface area contributed by atoms with E-state index < -0.39 is 0 Å². The molecule has 0 radical (unpaired) electrons. The van der Waals surface area contributed by atoms with E-state index in [-0.39, 0.29) is 17.5 Å². The van der Waals surface area contributed by atoms with Crippen molar-refractivity contribution in [3.63, 3.8) is 0 Å². The molecule has 4 N–H and O–H groups in total. The third kappa shape index (κ3) is 3.51. The summed E-state index contributed by atoms with van der Waals surface area (Å²) in [7, 11) is 0. The van der Waals surface area contributed by atoms with Gasteiger partial charge in [-0.3, -0.25) is 9.36 Å². The molecule has 4 aromatic rings. The quantitative estimate of drug-likeness (QED) is 0.272. The van der Waals surface area contributed by atoms with E-state index in [1.165, 1.54) is 23.1 Å². The maximum absolute atomic E-state index is 13.2. The second-order valence-electron chi connectivity index (χ2n) is 5.66. The molecule has 0 saturated carbocycles. The van der Waals surface area contributed by atoms with Crippen LogP contribution < -0.4 is 17.0 Å². The van der Waals surface area contributed by atoms with Gasteiger partial charge in [-0.2, -0.15) is 15.0 Å². The van der Waals surface area contributed by atoms with Crippen LogP contribution in [0, 0.1) is 0 Å². The Balaban J connectivity index is 1.76. The molecule has 4 aromatic heterocycles. The zero-order valence-corrected chi connectivity index (χ0v) is 17.0. The monoisotopic (exact) mass is 429 g/mol. The van der Waals surface area contributed by atoms with Crippen molar-refractivity contribution in [3.8, 4) is 10.4 Å². The Kier molecular flexibility index (Phi) is 5.11. The molecule has 4 heterocycles. The molecular formula is C17H15N7OS3. The highest BCUT2D eigenvalue weighted by molar-refractivity contribution is 7.98. The van der Waals surface area contributed by atoms with Gasteiger partial charge in [0.2, 0.25) is 11.9 Å². The maximum atomic E-state index is 13.2. The molecule has 0 aliphatic rings. The van der Waals surface area contributed by atoms with Crippen molar-refractivity contribution in [1.29, 1.82) is 0 Å². The van der Waals surface area contributed by atoms with Crippen LogP contribution >= 0.6 is 34.4 Å². The lowest BCUT2D eigenvalue weighted by Gasteiger charge is -2.10. The number of rotatable bonds is 6. The first-order valence-corrected chi connectivity index (χ1v) is 10.9. The van der Waals surface area contributed by atoms with Gasteiger partial charge >= 0.3 is 0 Å². The van der Waals surface area contributed by atoms with Gasteiger partial charge in [-0.05, 0) is 11.4 Å². The van der Waals surface area contributed by atoms with Gasteiger partial charge in [0.25, 0.3) is 5.56 Å². The van der Waals surface area contributed by atoms with Crippen LogP contribution in [0.4, 0.5) is 11.9 Å². The summed E-state index contributed by atoms with van der Waals surface area (Å²) in [5, 5.41) is 5.16. The average molecular weight is 430 g/mol. The summed E-state index contributed by atoms with van der Waals surface area (Å²) in [6.45, 7) is 4.11. The van der Waals surface area contributed by atoms with E-state index in [2.05, 4.69) is 21.5 Å². The molecule has 0 aromatic carbocycles. The summed E-state index contributed by atoms with van der Waals surface area (Å²) < 4.78 is 1.61. The number of nitrogen functional groups attached to an aromatic ring is 2. The highest BCUT2D eigenvalue weighted by Gasteiger charge is 2.18. The molecule has 4 rings (SSSR count). The Morgan fingerprint density at radius 2 is 1.96 bits per heavy atom. The highest BCUT2D eigenvalue weighted by atomic mass is 32.2. The van der Waals surface area contributed by atoms with Crippen LogP contribution in [-0.4, -0.2) is 24.5 Å². The molecular weight excluding hydrogens is 414 g/mol. The van der Waals surface area contributed by atoms with Gasteiger partial charge in [0.1, 0.15) is 10.7 Å². The lowest BCUT2D eigenvalue weighted by atomic mass is 10.2. The highest BCUT2D eigenvalue weighted by Crippen LogP contribution is 2.34. The average Bonchev–Trinajstić information content (AvgIpc) is 3.31. The fourth-order valence-electron chi connectivity index (χ4n) is 2.67. The maximum Gasteiger partial charge on any atom is 0.263 e. The molecule has 142 valence electrons. The number of fused-ring (bicyclic) bond motifs is 1. The Bertz CT molecular complexity index is 1190. The first kappa shape index (κ1) is 18.6. The number of aromatic nitrogens is 5. The molecule has 0 spiro atoms. The predicted molar refractivity (Wildman–Crippen MR) is 116 cm³/mol. The summed E-state index contributed by atoms with van der Waals surface area (Å²) >= 11 is 4.40. The van der Waals surface area contributed by atoms with Crippen LogP contribution in [-0.2, 0) is 12.3 Å². The minimum Gasteiger partial charge on any atom is -0.368 e. The third-order valence-electron chi connectivity index (χ3n) is 3.80. The van der Waals surface area contributed by atoms with Crippen LogP contribution in [0.3, 0.4) is 0 Å². The van der Waals surface area contributed by atoms with Crippen molar-refractivity contribution in [2.45, 2.75) is 17.5 Å². The SMILES string of the molecule is C=CCn1c(SCc2nc(N)nc(N)n2)nc2scc(-c3cccs3)c2c1=O. The lowest BCUT2D eigenvalue weighted by Crippen LogP contribution is -2.22. The van der Waals surface area contributed by atoms with Crippen molar-refractivity contribution < 1.29 is 0 Å². The van der Waals surface area contributed by atoms with Gasteiger partial charge in [-0.1, -0.05) is 23.9 Å². The fraction of sp³-hybridized carbons (Fsp3) is 0.118. The predicted octanol–water partition coefficient (Wildman–Crippen LogP) is 3.01. The minimum absolute atomic E-state index is 0.0637. The molecule has 8 nitrogen and oxygen atoms in total. The number of hydrogen-bond donors (Lipinski definition) is 2. The summed E-state index contributed by atoms with van der Waals surface area (Å²) in [6.07, 6.45) is 1.68. The number of thioether (sulfide) groups is 1. The van der Waals surface area contributed by atoms with E-state index in [0.29, 0.717) is 33.5 Å². The van der Waals surface area contributed by atoms with E-state index >= 15 is 0 Å².